The highest BCUT2D eigenvalue weighted by Crippen LogP contribution is 2.19. The van der Waals surface area contributed by atoms with Crippen LogP contribution in [0.2, 0.25) is 0 Å². The normalized spacial score (nSPS) is 11.4. The van der Waals surface area contributed by atoms with Crippen LogP contribution in [0.3, 0.4) is 0 Å². The Labute approximate surface area is 51.1 Å². The van der Waals surface area contributed by atoms with Crippen LogP contribution in [0.1, 0.15) is 4.88 Å². The van der Waals surface area contributed by atoms with Gasteiger partial charge in [0.2, 0.25) is 0 Å². The molecule has 0 saturated heterocycles. The molecule has 0 aliphatic rings. The van der Waals surface area contributed by atoms with E-state index in [1.807, 2.05) is 0 Å². The Morgan fingerprint density at radius 1 is 1.75 bits per heavy atom. The van der Waals surface area contributed by atoms with Gasteiger partial charge in [0.25, 0.3) is 0 Å². The van der Waals surface area contributed by atoms with Crippen molar-refractivity contribution >= 4 is 16.8 Å². The lowest BCUT2D eigenvalue weighted by molar-refractivity contribution is 0.598. The SMILES string of the molecule is C=Cc1ccc[s+]1[O-]. The van der Waals surface area contributed by atoms with Gasteiger partial charge in [-0.25, -0.2) is 0 Å². The van der Waals surface area contributed by atoms with Crippen molar-refractivity contribution in [2.75, 3.05) is 0 Å². The molecule has 0 radical (unpaired) electrons. The maximum absolute atomic E-state index is 10.7. The minimum absolute atomic E-state index is 0.796. The molecule has 0 spiro atoms. The topological polar surface area (TPSA) is 23.1 Å². The minimum Gasteiger partial charge on any atom is -0.590 e. The van der Waals surface area contributed by atoms with Crippen molar-refractivity contribution < 1.29 is 4.55 Å². The van der Waals surface area contributed by atoms with E-state index in [-0.39, 0.29) is 0 Å². The van der Waals surface area contributed by atoms with Crippen molar-refractivity contribution in [2.24, 2.45) is 0 Å². The van der Waals surface area contributed by atoms with E-state index < -0.39 is 10.8 Å². The fourth-order valence-electron chi connectivity index (χ4n) is 0.501. The van der Waals surface area contributed by atoms with Gasteiger partial charge in [-0.3, -0.25) is 0 Å². The summed E-state index contributed by atoms with van der Waals surface area (Å²) in [6, 6.07) is 3.57. The molecule has 8 heavy (non-hydrogen) atoms. The molecule has 0 aromatic carbocycles. The van der Waals surface area contributed by atoms with Crippen LogP contribution in [0, 0.1) is 0 Å². The summed E-state index contributed by atoms with van der Waals surface area (Å²) >= 11 is 0. The zero-order valence-electron chi connectivity index (χ0n) is 4.33. The molecule has 1 nitrogen and oxygen atoms in total. The third-order valence-corrected chi connectivity index (χ3v) is 2.07. The molecule has 0 saturated carbocycles. The molecule has 1 rings (SSSR count). The summed E-state index contributed by atoms with van der Waals surface area (Å²) < 4.78 is 10.7. The summed E-state index contributed by atoms with van der Waals surface area (Å²) in [7, 11) is -0.898. The molecule has 0 N–H and O–H groups in total. The predicted molar refractivity (Wildman–Crippen MR) is 35.2 cm³/mol. The van der Waals surface area contributed by atoms with Crippen LogP contribution in [0.15, 0.2) is 24.1 Å². The van der Waals surface area contributed by atoms with Crippen LogP contribution in [-0.2, 0) is 0 Å². The number of hydrogen-bond acceptors (Lipinski definition) is 1. The Balaban J connectivity index is 3.09. The van der Waals surface area contributed by atoms with E-state index in [9.17, 15) is 4.55 Å². The van der Waals surface area contributed by atoms with E-state index in [2.05, 4.69) is 6.58 Å². The third kappa shape index (κ3) is 0.804. The lowest BCUT2D eigenvalue weighted by Crippen LogP contribution is -1.57. The highest BCUT2D eigenvalue weighted by molar-refractivity contribution is 7.24. The maximum Gasteiger partial charge on any atom is 0.171 e. The molecule has 1 aromatic rings. The molecular formula is C6H6OS. The molecule has 1 heterocycles. The van der Waals surface area contributed by atoms with Crippen molar-refractivity contribution in [1.82, 2.24) is 0 Å². The zero-order chi connectivity index (χ0) is 5.98. The number of hydrogen-bond donors (Lipinski definition) is 0. The number of thiophene rings is 1. The van der Waals surface area contributed by atoms with Crippen molar-refractivity contribution in [1.29, 1.82) is 0 Å². The van der Waals surface area contributed by atoms with Crippen molar-refractivity contribution in [3.63, 3.8) is 0 Å². The summed E-state index contributed by atoms with van der Waals surface area (Å²) in [6.07, 6.45) is 1.61. The van der Waals surface area contributed by atoms with E-state index in [1.165, 1.54) is 0 Å². The van der Waals surface area contributed by atoms with Crippen LogP contribution >= 0.6 is 10.8 Å². The van der Waals surface area contributed by atoms with Crippen LogP contribution in [0.25, 0.3) is 6.08 Å². The highest BCUT2D eigenvalue weighted by Gasteiger charge is 1.95. The molecular weight excluding hydrogens is 120 g/mol. The maximum atomic E-state index is 10.7. The summed E-state index contributed by atoms with van der Waals surface area (Å²) in [5.41, 5.74) is 0. The zero-order valence-corrected chi connectivity index (χ0v) is 5.15. The van der Waals surface area contributed by atoms with Crippen molar-refractivity contribution in [3.8, 4) is 0 Å². The first-order chi connectivity index (χ1) is 3.84. The van der Waals surface area contributed by atoms with Gasteiger partial charge >= 0.3 is 0 Å². The average Bonchev–Trinajstić information content (AvgIpc) is 2.14. The summed E-state index contributed by atoms with van der Waals surface area (Å²) in [5, 5.41) is 1.64. The van der Waals surface area contributed by atoms with Crippen LogP contribution in [-0.4, -0.2) is 4.55 Å². The van der Waals surface area contributed by atoms with E-state index in [0.717, 1.165) is 4.88 Å². The second-order valence-electron chi connectivity index (χ2n) is 1.40. The second kappa shape index (κ2) is 2.11. The average molecular weight is 126 g/mol. The highest BCUT2D eigenvalue weighted by atomic mass is 32.2. The Hall–Kier alpha value is -0.600. The Bertz CT molecular complexity index is 190. The third-order valence-electron chi connectivity index (χ3n) is 0.896. The molecule has 2 heteroatoms. The van der Waals surface area contributed by atoms with Gasteiger partial charge < -0.3 is 4.55 Å². The van der Waals surface area contributed by atoms with Crippen LogP contribution < -0.4 is 0 Å². The monoisotopic (exact) mass is 126 g/mol. The Morgan fingerprint density at radius 2 is 2.50 bits per heavy atom. The van der Waals surface area contributed by atoms with E-state index in [0.29, 0.717) is 0 Å². The molecule has 1 aromatic heterocycles. The van der Waals surface area contributed by atoms with Gasteiger partial charge in [0, 0.05) is 6.07 Å². The van der Waals surface area contributed by atoms with E-state index >= 15 is 0 Å². The standard InChI is InChI=1S/C6H6OS/c1-2-6-4-3-5-8(6)7/h2-5H,1H2. The molecule has 1 atom stereocenters. The first-order valence-corrected chi connectivity index (χ1v) is 3.47. The lowest BCUT2D eigenvalue weighted by atomic mass is 10.5. The number of rotatable bonds is 1. The van der Waals surface area contributed by atoms with Gasteiger partial charge in [-0.15, -0.1) is 0 Å². The van der Waals surface area contributed by atoms with Crippen molar-refractivity contribution in [3.05, 3.63) is 29.0 Å². The first kappa shape index (κ1) is 5.54. The second-order valence-corrected chi connectivity index (χ2v) is 2.74. The Kier molecular flexibility index (Phi) is 1.46. The molecule has 0 amide bonds. The molecule has 42 valence electrons. The van der Waals surface area contributed by atoms with E-state index in [4.69, 9.17) is 0 Å². The molecule has 0 aliphatic carbocycles. The van der Waals surface area contributed by atoms with Gasteiger partial charge in [0.1, 0.15) is 5.38 Å². The molecule has 0 aliphatic heterocycles. The minimum atomic E-state index is -0.898. The molecule has 1 unspecified atom stereocenters. The molecule has 0 fully saturated rings. The first-order valence-electron chi connectivity index (χ1n) is 2.26. The van der Waals surface area contributed by atoms with E-state index in [1.54, 1.807) is 23.6 Å². The van der Waals surface area contributed by atoms with Crippen LogP contribution in [0.4, 0.5) is 0 Å². The largest absolute Gasteiger partial charge is 0.590 e. The van der Waals surface area contributed by atoms with Gasteiger partial charge in [-0.05, 0) is 22.9 Å². The van der Waals surface area contributed by atoms with Crippen LogP contribution in [0.5, 0.6) is 0 Å². The lowest BCUT2D eigenvalue weighted by Gasteiger charge is -1.84. The smallest absolute Gasteiger partial charge is 0.171 e. The van der Waals surface area contributed by atoms with Gasteiger partial charge in [-0.1, -0.05) is 6.58 Å². The fraction of sp³-hybridized carbons (Fsp3) is 0. The summed E-state index contributed by atoms with van der Waals surface area (Å²) in [6.45, 7) is 3.49. The fourth-order valence-corrected chi connectivity index (χ4v) is 1.26. The predicted octanol–water partition coefficient (Wildman–Crippen LogP) is 2.06. The quantitative estimate of drug-likeness (QED) is 0.528. The van der Waals surface area contributed by atoms with Gasteiger partial charge in [0.05, 0.1) is 0 Å². The summed E-state index contributed by atoms with van der Waals surface area (Å²) in [5.74, 6) is 0. The van der Waals surface area contributed by atoms with Crippen molar-refractivity contribution in [2.45, 2.75) is 0 Å². The Morgan fingerprint density at radius 3 is 2.75 bits per heavy atom. The summed E-state index contributed by atoms with van der Waals surface area (Å²) in [4.78, 5) is 0.796. The molecule has 0 bridgehead atoms. The van der Waals surface area contributed by atoms with Gasteiger partial charge in [-0.2, -0.15) is 0 Å². The van der Waals surface area contributed by atoms with Gasteiger partial charge in [0.15, 0.2) is 4.88 Å².